The molecule has 3 rings (SSSR count). The molecule has 0 saturated heterocycles. The van der Waals surface area contributed by atoms with Crippen LogP contribution in [0.1, 0.15) is 30.9 Å². The standard InChI is InChI=1S/C23H25N3O4S/c1-3-4-7-18-9-11-19(12-10-18)24-21(27)16-26-23(28)14-13-22(25-26)31(29,30)20-8-5-6-17(2)15-20/h5-6,8-15H,3-4,7,16H2,1-2H3,(H,24,27). The van der Waals surface area contributed by atoms with Crippen LogP contribution in [0.25, 0.3) is 0 Å². The van der Waals surface area contributed by atoms with Gasteiger partial charge in [0.1, 0.15) is 6.54 Å². The molecule has 0 fully saturated rings. The van der Waals surface area contributed by atoms with Crippen LogP contribution in [0.3, 0.4) is 0 Å². The number of unbranched alkanes of at least 4 members (excludes halogenated alkanes) is 1. The van der Waals surface area contributed by atoms with Gasteiger partial charge in [0, 0.05) is 11.8 Å². The van der Waals surface area contributed by atoms with Gasteiger partial charge in [-0.1, -0.05) is 37.6 Å². The zero-order valence-electron chi connectivity index (χ0n) is 17.5. The Bertz CT molecular complexity index is 1230. The fourth-order valence-corrected chi connectivity index (χ4v) is 4.36. The largest absolute Gasteiger partial charge is 0.324 e. The van der Waals surface area contributed by atoms with Crippen LogP contribution >= 0.6 is 0 Å². The van der Waals surface area contributed by atoms with E-state index in [1.54, 1.807) is 31.2 Å². The average Bonchev–Trinajstić information content (AvgIpc) is 2.74. The lowest BCUT2D eigenvalue weighted by atomic mass is 10.1. The van der Waals surface area contributed by atoms with Crippen molar-refractivity contribution in [2.75, 3.05) is 5.32 Å². The summed E-state index contributed by atoms with van der Waals surface area (Å²) in [6.45, 7) is 3.52. The molecule has 162 valence electrons. The number of hydrogen-bond acceptors (Lipinski definition) is 5. The zero-order valence-corrected chi connectivity index (χ0v) is 18.4. The van der Waals surface area contributed by atoms with Crippen LogP contribution < -0.4 is 10.9 Å². The lowest BCUT2D eigenvalue weighted by Gasteiger charge is -2.10. The maximum Gasteiger partial charge on any atom is 0.267 e. The Hall–Kier alpha value is -3.26. The van der Waals surface area contributed by atoms with E-state index in [-0.39, 0.29) is 9.92 Å². The van der Waals surface area contributed by atoms with E-state index in [9.17, 15) is 18.0 Å². The van der Waals surface area contributed by atoms with Crippen LogP contribution in [0.4, 0.5) is 5.69 Å². The first-order valence-corrected chi connectivity index (χ1v) is 11.6. The maximum atomic E-state index is 12.9. The van der Waals surface area contributed by atoms with Gasteiger partial charge in [-0.25, -0.2) is 13.1 Å². The number of anilines is 1. The zero-order chi connectivity index (χ0) is 22.4. The van der Waals surface area contributed by atoms with Gasteiger partial charge >= 0.3 is 0 Å². The summed E-state index contributed by atoms with van der Waals surface area (Å²) < 4.78 is 26.6. The molecule has 0 aliphatic heterocycles. The van der Waals surface area contributed by atoms with Crippen molar-refractivity contribution in [3.05, 3.63) is 82.1 Å². The van der Waals surface area contributed by atoms with Crippen LogP contribution in [0.2, 0.25) is 0 Å². The van der Waals surface area contributed by atoms with Crippen LogP contribution in [0.15, 0.2) is 75.4 Å². The van der Waals surface area contributed by atoms with E-state index in [1.165, 1.54) is 17.7 Å². The average molecular weight is 440 g/mol. The number of aromatic nitrogens is 2. The number of carbonyl (C=O) groups is 1. The molecule has 1 heterocycles. The number of benzene rings is 2. The van der Waals surface area contributed by atoms with Crippen molar-refractivity contribution in [3.8, 4) is 0 Å². The summed E-state index contributed by atoms with van der Waals surface area (Å²) in [5, 5.41) is 6.36. The number of sulfone groups is 1. The quantitative estimate of drug-likeness (QED) is 0.580. The third kappa shape index (κ3) is 5.67. The second-order valence-corrected chi connectivity index (χ2v) is 9.23. The Kier molecular flexibility index (Phi) is 7.02. The van der Waals surface area contributed by atoms with E-state index in [0.29, 0.717) is 5.69 Å². The molecule has 0 atom stereocenters. The maximum absolute atomic E-state index is 12.9. The lowest BCUT2D eigenvalue weighted by molar-refractivity contribution is -0.117. The van der Waals surface area contributed by atoms with Crippen molar-refractivity contribution >= 4 is 21.4 Å². The molecule has 3 aromatic rings. The van der Waals surface area contributed by atoms with Gasteiger partial charge in [-0.3, -0.25) is 9.59 Å². The van der Waals surface area contributed by atoms with Crippen molar-refractivity contribution < 1.29 is 13.2 Å². The molecule has 0 radical (unpaired) electrons. The monoisotopic (exact) mass is 439 g/mol. The Morgan fingerprint density at radius 1 is 1.06 bits per heavy atom. The van der Waals surface area contributed by atoms with Crippen LogP contribution in [-0.2, 0) is 27.6 Å². The number of nitrogens with one attached hydrogen (secondary N) is 1. The van der Waals surface area contributed by atoms with E-state index < -0.39 is 27.8 Å². The van der Waals surface area contributed by atoms with Crippen LogP contribution in [-0.4, -0.2) is 24.1 Å². The number of rotatable bonds is 8. The Balaban J connectivity index is 1.76. The third-order valence-corrected chi connectivity index (χ3v) is 6.41. The molecule has 0 aliphatic rings. The molecule has 1 N–H and O–H groups in total. The SMILES string of the molecule is CCCCc1ccc(NC(=O)Cn2nc(S(=O)(=O)c3cccc(C)c3)ccc2=O)cc1. The van der Waals surface area contributed by atoms with Gasteiger partial charge in [0.2, 0.25) is 15.7 Å². The molecule has 1 aromatic heterocycles. The van der Waals surface area contributed by atoms with Gasteiger partial charge in [-0.2, -0.15) is 5.10 Å². The molecule has 8 heteroatoms. The first-order chi connectivity index (χ1) is 14.8. The molecular formula is C23H25N3O4S. The van der Waals surface area contributed by atoms with Crippen molar-refractivity contribution in [2.45, 2.75) is 49.6 Å². The van der Waals surface area contributed by atoms with Gasteiger partial charge in [0.15, 0.2) is 5.03 Å². The number of nitrogens with zero attached hydrogens (tertiary/aromatic N) is 2. The minimum Gasteiger partial charge on any atom is -0.324 e. The van der Waals surface area contributed by atoms with Crippen molar-refractivity contribution in [2.24, 2.45) is 0 Å². The van der Waals surface area contributed by atoms with Crippen LogP contribution in [0.5, 0.6) is 0 Å². The van der Waals surface area contributed by atoms with Crippen molar-refractivity contribution in [3.63, 3.8) is 0 Å². The van der Waals surface area contributed by atoms with Gasteiger partial charge in [0.25, 0.3) is 5.56 Å². The molecule has 0 bridgehead atoms. The summed E-state index contributed by atoms with van der Waals surface area (Å²) >= 11 is 0. The molecule has 0 spiro atoms. The molecule has 1 amide bonds. The Morgan fingerprint density at radius 2 is 1.81 bits per heavy atom. The van der Waals surface area contributed by atoms with Crippen molar-refractivity contribution in [1.82, 2.24) is 9.78 Å². The molecule has 0 unspecified atom stereocenters. The molecule has 0 saturated carbocycles. The third-order valence-electron chi connectivity index (χ3n) is 4.77. The summed E-state index contributed by atoms with van der Waals surface area (Å²) in [5.74, 6) is -0.471. The number of aryl methyl sites for hydroxylation is 2. The summed E-state index contributed by atoms with van der Waals surface area (Å²) in [6, 6.07) is 16.2. The second kappa shape index (κ2) is 9.70. The summed E-state index contributed by atoms with van der Waals surface area (Å²) in [4.78, 5) is 24.6. The minimum atomic E-state index is -3.91. The fourth-order valence-electron chi connectivity index (χ4n) is 3.06. The summed E-state index contributed by atoms with van der Waals surface area (Å²) in [5.41, 5.74) is 2.01. The highest BCUT2D eigenvalue weighted by Gasteiger charge is 2.21. The first kappa shape index (κ1) is 22.4. The van der Waals surface area contributed by atoms with Gasteiger partial charge in [0.05, 0.1) is 4.90 Å². The topological polar surface area (TPSA) is 98.1 Å². The number of amides is 1. The highest BCUT2D eigenvalue weighted by molar-refractivity contribution is 7.91. The van der Waals surface area contributed by atoms with E-state index in [1.807, 2.05) is 12.1 Å². The second-order valence-electron chi connectivity index (χ2n) is 7.34. The Labute approximate surface area is 181 Å². The van der Waals surface area contributed by atoms with Gasteiger partial charge in [-0.05, 0) is 61.2 Å². The van der Waals surface area contributed by atoms with E-state index in [4.69, 9.17) is 0 Å². The highest BCUT2D eigenvalue weighted by atomic mass is 32.2. The normalized spacial score (nSPS) is 11.3. The fraction of sp³-hybridized carbons (Fsp3) is 0.261. The minimum absolute atomic E-state index is 0.0813. The highest BCUT2D eigenvalue weighted by Crippen LogP contribution is 2.19. The van der Waals surface area contributed by atoms with Crippen molar-refractivity contribution in [1.29, 1.82) is 0 Å². The molecule has 7 nitrogen and oxygen atoms in total. The van der Waals surface area contributed by atoms with E-state index in [0.717, 1.165) is 41.6 Å². The summed E-state index contributed by atoms with van der Waals surface area (Å²) in [6.07, 6.45) is 3.19. The number of carbonyl (C=O) groups excluding carboxylic acids is 1. The number of hydrogen-bond donors (Lipinski definition) is 1. The van der Waals surface area contributed by atoms with Crippen LogP contribution in [0, 0.1) is 6.92 Å². The molecular weight excluding hydrogens is 414 g/mol. The lowest BCUT2D eigenvalue weighted by Crippen LogP contribution is -2.30. The van der Waals surface area contributed by atoms with E-state index in [2.05, 4.69) is 17.3 Å². The summed E-state index contributed by atoms with van der Waals surface area (Å²) in [7, 11) is -3.91. The predicted molar refractivity (Wildman–Crippen MR) is 119 cm³/mol. The molecule has 2 aromatic carbocycles. The molecule has 31 heavy (non-hydrogen) atoms. The smallest absolute Gasteiger partial charge is 0.267 e. The van der Waals surface area contributed by atoms with E-state index >= 15 is 0 Å². The molecule has 0 aliphatic carbocycles. The van der Waals surface area contributed by atoms with Gasteiger partial charge < -0.3 is 5.32 Å². The predicted octanol–water partition coefficient (Wildman–Crippen LogP) is 3.37. The van der Waals surface area contributed by atoms with Gasteiger partial charge in [-0.15, -0.1) is 0 Å². The Morgan fingerprint density at radius 3 is 2.48 bits per heavy atom. The first-order valence-electron chi connectivity index (χ1n) is 10.1.